The minimum atomic E-state index is -2.24. The largest absolute Gasteiger partial charge is 0.462 e. The van der Waals surface area contributed by atoms with Gasteiger partial charge in [-0.2, -0.15) is 0 Å². The molecule has 224 valence electrons. The Balaban J connectivity index is 2.15. The number of rotatable bonds is 8. The molecule has 0 saturated carbocycles. The molecule has 3 saturated heterocycles. The summed E-state index contributed by atoms with van der Waals surface area (Å²) < 4.78 is 37.8. The van der Waals surface area contributed by atoms with Crippen LogP contribution in [-0.2, 0) is 42.5 Å². The van der Waals surface area contributed by atoms with Crippen LogP contribution in [0.4, 0.5) is 0 Å². The average molecular weight is 571 g/mol. The predicted octanol–water partition coefficient (Wildman–Crippen LogP) is 5.01. The second kappa shape index (κ2) is 11.4. The van der Waals surface area contributed by atoms with Gasteiger partial charge in [-0.05, 0) is 31.5 Å². The van der Waals surface area contributed by atoms with Crippen molar-refractivity contribution in [1.29, 1.82) is 0 Å². The molecular weight excluding hydrogens is 520 g/mol. The summed E-state index contributed by atoms with van der Waals surface area (Å²) in [5.74, 6) is -4.16. The molecule has 9 nitrogen and oxygen atoms in total. The van der Waals surface area contributed by atoms with Crippen molar-refractivity contribution in [1.82, 2.24) is 0 Å². The van der Waals surface area contributed by atoms with E-state index in [1.807, 2.05) is 6.92 Å². The van der Waals surface area contributed by atoms with Crippen molar-refractivity contribution in [3.05, 3.63) is 0 Å². The third-order valence-corrected chi connectivity index (χ3v) is 13.6. The van der Waals surface area contributed by atoms with Crippen molar-refractivity contribution < 1.29 is 42.5 Å². The molecule has 0 unspecified atom stereocenters. The van der Waals surface area contributed by atoms with E-state index in [0.717, 1.165) is 0 Å². The number of ether oxygens (including phenoxy) is 5. The van der Waals surface area contributed by atoms with Gasteiger partial charge in [-0.15, -0.1) is 0 Å². The van der Waals surface area contributed by atoms with Crippen molar-refractivity contribution in [2.45, 2.75) is 129 Å². The highest BCUT2D eigenvalue weighted by atomic mass is 28.4. The van der Waals surface area contributed by atoms with Crippen LogP contribution in [0.5, 0.6) is 0 Å². The number of methoxy groups -OCH3 is 1. The first-order valence-electron chi connectivity index (χ1n) is 14.3. The quantitative estimate of drug-likeness (QED) is 0.226. The highest BCUT2D eigenvalue weighted by molar-refractivity contribution is 6.74. The van der Waals surface area contributed by atoms with Gasteiger partial charge in [0.05, 0.1) is 29.8 Å². The molecule has 2 bridgehead atoms. The van der Waals surface area contributed by atoms with Crippen LogP contribution in [0.2, 0.25) is 18.1 Å². The fourth-order valence-corrected chi connectivity index (χ4v) is 6.56. The van der Waals surface area contributed by atoms with Crippen LogP contribution < -0.4 is 0 Å². The Bertz CT molecular complexity index is 926. The monoisotopic (exact) mass is 570 g/mol. The zero-order chi connectivity index (χ0) is 29.6. The van der Waals surface area contributed by atoms with E-state index in [4.69, 9.17) is 28.1 Å². The zero-order valence-corrected chi connectivity index (χ0v) is 26.8. The summed E-state index contributed by atoms with van der Waals surface area (Å²) in [5, 5.41) is -0.0562. The molecule has 0 aromatic rings. The highest BCUT2D eigenvalue weighted by Crippen LogP contribution is 2.52. The molecule has 3 fully saturated rings. The van der Waals surface area contributed by atoms with Crippen LogP contribution in [0.3, 0.4) is 0 Å². The molecule has 3 heterocycles. The molecule has 10 heteroatoms. The summed E-state index contributed by atoms with van der Waals surface area (Å²) in [5.41, 5.74) is -0.694. The molecule has 0 aromatic carbocycles. The molecule has 3 aliphatic rings. The molecular formula is C29H50O9Si. The molecule has 0 aromatic heterocycles. The Labute approximate surface area is 235 Å². The molecule has 7 atom stereocenters. The first-order chi connectivity index (χ1) is 17.8. The van der Waals surface area contributed by atoms with E-state index in [2.05, 4.69) is 33.9 Å². The lowest BCUT2D eigenvalue weighted by molar-refractivity contribution is -0.287. The Morgan fingerprint density at radius 1 is 1.05 bits per heavy atom. The lowest BCUT2D eigenvalue weighted by atomic mass is 9.78. The second-order valence-corrected chi connectivity index (χ2v) is 18.8. The molecule has 3 aliphatic heterocycles. The van der Waals surface area contributed by atoms with Gasteiger partial charge in [-0.3, -0.25) is 14.4 Å². The summed E-state index contributed by atoms with van der Waals surface area (Å²) in [6.07, 6.45) is -0.813. The van der Waals surface area contributed by atoms with Crippen LogP contribution in [0.25, 0.3) is 0 Å². The third-order valence-electron chi connectivity index (χ3n) is 9.15. The smallest absolute Gasteiger partial charge is 0.308 e. The van der Waals surface area contributed by atoms with E-state index in [1.54, 1.807) is 34.8 Å². The number of hydrogen-bond acceptors (Lipinski definition) is 9. The van der Waals surface area contributed by atoms with Crippen LogP contribution in [0.1, 0.15) is 81.1 Å². The van der Waals surface area contributed by atoms with E-state index in [9.17, 15) is 14.4 Å². The lowest BCUT2D eigenvalue weighted by Gasteiger charge is -2.44. The van der Waals surface area contributed by atoms with Crippen LogP contribution >= 0.6 is 0 Å². The predicted molar refractivity (Wildman–Crippen MR) is 147 cm³/mol. The summed E-state index contributed by atoms with van der Waals surface area (Å²) in [6, 6.07) is 0. The molecule has 0 spiro atoms. The van der Waals surface area contributed by atoms with E-state index in [1.165, 1.54) is 0 Å². The Morgan fingerprint density at radius 3 is 2.18 bits per heavy atom. The molecule has 39 heavy (non-hydrogen) atoms. The number of carbonyl (C=O) groups is 3. The number of hydrogen-bond donors (Lipinski definition) is 0. The summed E-state index contributed by atoms with van der Waals surface area (Å²) in [7, 11) is -0.643. The van der Waals surface area contributed by atoms with Gasteiger partial charge in [-0.1, -0.05) is 48.5 Å². The number of carbonyl (C=O) groups excluding carboxylic acids is 3. The fraction of sp³-hybridized carbons (Fsp3) is 0.897. The van der Waals surface area contributed by atoms with Crippen molar-refractivity contribution in [2.75, 3.05) is 13.7 Å². The summed E-state index contributed by atoms with van der Waals surface area (Å²) in [6.45, 7) is 20.1. The number of fused-ring (bicyclic) bond motifs is 3. The molecule has 3 rings (SSSR count). The molecule has 0 aliphatic carbocycles. The third kappa shape index (κ3) is 6.71. The maximum atomic E-state index is 13.1. The minimum absolute atomic E-state index is 0.0562. The van der Waals surface area contributed by atoms with Gasteiger partial charge in [0.15, 0.2) is 14.1 Å². The topological polar surface area (TPSA) is 107 Å². The lowest BCUT2D eigenvalue weighted by Crippen LogP contribution is -2.56. The van der Waals surface area contributed by atoms with Gasteiger partial charge < -0.3 is 28.1 Å². The van der Waals surface area contributed by atoms with Crippen LogP contribution in [0.15, 0.2) is 0 Å². The Kier molecular flexibility index (Phi) is 9.37. The minimum Gasteiger partial charge on any atom is -0.462 e. The maximum absolute atomic E-state index is 13.1. The molecule has 0 radical (unpaired) electrons. The summed E-state index contributed by atoms with van der Waals surface area (Å²) >= 11 is 0. The SMILES string of the molecule is CO[C@]12CC[C@](C)(C[C@@H](OC(=O)C(C)C)[C@H]3CC(=O)O[C@@H]3[C@H](OC(=O)C(C)C)[C@H]1CO[Si](C)(C)C(C)(C)C)O2. The number of esters is 3. The maximum Gasteiger partial charge on any atom is 0.308 e. The second-order valence-electron chi connectivity index (χ2n) is 14.0. The van der Waals surface area contributed by atoms with Crippen LogP contribution in [-0.4, -0.2) is 69.6 Å². The molecule has 0 amide bonds. The Hall–Kier alpha value is -1.49. The van der Waals surface area contributed by atoms with Crippen LogP contribution in [0, 0.1) is 23.7 Å². The van der Waals surface area contributed by atoms with Crippen molar-refractivity contribution >= 4 is 26.2 Å². The van der Waals surface area contributed by atoms with Crippen molar-refractivity contribution in [2.24, 2.45) is 23.7 Å². The normalized spacial score (nSPS) is 35.2. The van der Waals surface area contributed by atoms with E-state index < -0.39 is 67.7 Å². The van der Waals surface area contributed by atoms with Gasteiger partial charge >= 0.3 is 17.9 Å². The average Bonchev–Trinajstić information content (AvgIpc) is 3.37. The first-order valence-corrected chi connectivity index (χ1v) is 17.3. The van der Waals surface area contributed by atoms with Gasteiger partial charge in [0.25, 0.3) is 0 Å². The van der Waals surface area contributed by atoms with E-state index >= 15 is 0 Å². The standard InChI is InChI=1S/C29H50O9Si/c1-17(2)25(31)35-21-15-28(8)12-13-29(33-9,38-28)20(16-34-39(10,11)27(5,6)7)24(37-26(32)18(3)4)23-19(21)14-22(30)36-23/h17-21,23-24H,12-16H2,1-11H3/t19-,20-,21-,23+,24-,28-,29+/m1/s1. The zero-order valence-electron chi connectivity index (χ0n) is 25.8. The van der Waals surface area contributed by atoms with E-state index in [-0.39, 0.29) is 30.0 Å². The van der Waals surface area contributed by atoms with Gasteiger partial charge in [0.1, 0.15) is 18.3 Å². The van der Waals surface area contributed by atoms with Gasteiger partial charge in [0.2, 0.25) is 0 Å². The summed E-state index contributed by atoms with van der Waals surface area (Å²) in [4.78, 5) is 38.7. The molecule has 0 N–H and O–H groups in total. The van der Waals surface area contributed by atoms with Gasteiger partial charge in [-0.25, -0.2) is 0 Å². The van der Waals surface area contributed by atoms with Gasteiger partial charge in [0, 0.05) is 32.5 Å². The fourth-order valence-electron chi connectivity index (χ4n) is 5.53. The van der Waals surface area contributed by atoms with Crippen molar-refractivity contribution in [3.63, 3.8) is 0 Å². The van der Waals surface area contributed by atoms with E-state index in [0.29, 0.717) is 19.3 Å². The van der Waals surface area contributed by atoms with Crippen molar-refractivity contribution in [3.8, 4) is 0 Å². The highest BCUT2D eigenvalue weighted by Gasteiger charge is 2.62. The first kappa shape index (κ1) is 32.0. The Morgan fingerprint density at radius 2 is 1.64 bits per heavy atom.